The predicted octanol–water partition coefficient (Wildman–Crippen LogP) is 3.25. The Labute approximate surface area is 118 Å². The van der Waals surface area contributed by atoms with Crippen LogP contribution in [0.25, 0.3) is 16.9 Å². The fourth-order valence-electron chi connectivity index (χ4n) is 2.24. The van der Waals surface area contributed by atoms with E-state index in [1.807, 2.05) is 30.8 Å². The first-order valence-electron chi connectivity index (χ1n) is 6.56. The third-order valence-corrected chi connectivity index (χ3v) is 3.24. The van der Waals surface area contributed by atoms with Crippen molar-refractivity contribution in [2.24, 2.45) is 0 Å². The molecule has 4 nitrogen and oxygen atoms in total. The zero-order valence-electron chi connectivity index (χ0n) is 11.8. The van der Waals surface area contributed by atoms with Crippen LogP contribution in [0.15, 0.2) is 42.9 Å². The molecule has 3 rings (SSSR count). The highest BCUT2D eigenvalue weighted by atomic mass is 15.3. The first-order chi connectivity index (χ1) is 9.65. The number of hydrogen-bond acceptors (Lipinski definition) is 3. The summed E-state index contributed by atoms with van der Waals surface area (Å²) in [5.74, 6) is 0. The molecule has 0 saturated carbocycles. The van der Waals surface area contributed by atoms with Crippen LogP contribution < -0.4 is 0 Å². The lowest BCUT2D eigenvalue weighted by Gasteiger charge is -2.12. The van der Waals surface area contributed by atoms with Gasteiger partial charge in [-0.1, -0.05) is 12.1 Å². The fraction of sp³-hybridized carbons (Fsp3) is 0.188. The van der Waals surface area contributed by atoms with Crippen molar-refractivity contribution in [2.75, 3.05) is 0 Å². The summed E-state index contributed by atoms with van der Waals surface area (Å²) in [5.41, 5.74) is 6.02. The van der Waals surface area contributed by atoms with Crippen LogP contribution in [0.4, 0.5) is 0 Å². The molecule has 0 N–H and O–H groups in total. The van der Waals surface area contributed by atoms with Crippen molar-refractivity contribution in [1.29, 1.82) is 0 Å². The average Bonchev–Trinajstić information content (AvgIpc) is 2.96. The Morgan fingerprint density at radius 3 is 2.70 bits per heavy atom. The van der Waals surface area contributed by atoms with E-state index in [9.17, 15) is 0 Å². The number of nitrogens with zero attached hydrogens (tertiary/aromatic N) is 4. The number of hydrogen-bond donors (Lipinski definition) is 0. The van der Waals surface area contributed by atoms with Crippen LogP contribution in [0.1, 0.15) is 17.0 Å². The molecule has 2 heterocycles. The maximum Gasteiger partial charge on any atom is 0.0939 e. The van der Waals surface area contributed by atoms with Gasteiger partial charge in [-0.2, -0.15) is 5.10 Å². The fourth-order valence-corrected chi connectivity index (χ4v) is 2.24. The van der Waals surface area contributed by atoms with Crippen LogP contribution in [-0.4, -0.2) is 19.7 Å². The van der Waals surface area contributed by atoms with E-state index in [0.29, 0.717) is 0 Å². The average molecular weight is 264 g/mol. The van der Waals surface area contributed by atoms with Crippen molar-refractivity contribution in [3.8, 4) is 16.9 Å². The van der Waals surface area contributed by atoms with Gasteiger partial charge in [0, 0.05) is 24.2 Å². The lowest BCUT2D eigenvalue weighted by Crippen LogP contribution is -2.02. The van der Waals surface area contributed by atoms with E-state index in [4.69, 9.17) is 0 Å². The quantitative estimate of drug-likeness (QED) is 0.713. The minimum Gasteiger partial charge on any atom is -0.257 e. The molecule has 1 aromatic carbocycles. The molecule has 20 heavy (non-hydrogen) atoms. The van der Waals surface area contributed by atoms with Crippen LogP contribution in [0.5, 0.6) is 0 Å². The number of aromatic nitrogens is 4. The van der Waals surface area contributed by atoms with E-state index in [1.165, 1.54) is 5.56 Å². The van der Waals surface area contributed by atoms with Crippen LogP contribution in [-0.2, 0) is 0 Å². The molecule has 0 radical (unpaired) electrons. The van der Waals surface area contributed by atoms with E-state index in [1.54, 1.807) is 12.4 Å². The minimum absolute atomic E-state index is 0.913. The molecule has 0 aliphatic carbocycles. The third-order valence-electron chi connectivity index (χ3n) is 3.24. The summed E-state index contributed by atoms with van der Waals surface area (Å²) in [7, 11) is 0. The molecule has 0 spiro atoms. The lowest BCUT2D eigenvalue weighted by atomic mass is 10.0. The highest BCUT2D eigenvalue weighted by Gasteiger charge is 2.12. The van der Waals surface area contributed by atoms with E-state index in [-0.39, 0.29) is 0 Å². The van der Waals surface area contributed by atoms with Gasteiger partial charge in [0.2, 0.25) is 0 Å². The Hall–Kier alpha value is -2.49. The molecule has 0 fully saturated rings. The second-order valence-electron chi connectivity index (χ2n) is 4.92. The Kier molecular flexibility index (Phi) is 3.06. The molecule has 0 bridgehead atoms. The van der Waals surface area contributed by atoms with Crippen molar-refractivity contribution < 1.29 is 0 Å². The SMILES string of the molecule is Cc1ccc(-c2nc(C)cnc2C)c(-n2cccn2)c1. The second-order valence-corrected chi connectivity index (χ2v) is 4.92. The first-order valence-corrected chi connectivity index (χ1v) is 6.56. The van der Waals surface area contributed by atoms with Crippen molar-refractivity contribution in [2.45, 2.75) is 20.8 Å². The number of aryl methyl sites for hydroxylation is 3. The summed E-state index contributed by atoms with van der Waals surface area (Å²) in [6.45, 7) is 6.01. The zero-order valence-corrected chi connectivity index (χ0v) is 11.8. The monoisotopic (exact) mass is 264 g/mol. The van der Waals surface area contributed by atoms with Gasteiger partial charge in [-0.15, -0.1) is 0 Å². The molecular formula is C16H16N4. The van der Waals surface area contributed by atoms with Crippen molar-refractivity contribution in [3.63, 3.8) is 0 Å². The van der Waals surface area contributed by atoms with Crippen LogP contribution >= 0.6 is 0 Å². The zero-order chi connectivity index (χ0) is 14.1. The van der Waals surface area contributed by atoms with Crippen molar-refractivity contribution >= 4 is 0 Å². The maximum absolute atomic E-state index is 4.64. The third kappa shape index (κ3) is 2.20. The molecular weight excluding hydrogens is 248 g/mol. The van der Waals surface area contributed by atoms with E-state index >= 15 is 0 Å². The second kappa shape index (κ2) is 4.89. The van der Waals surface area contributed by atoms with Gasteiger partial charge in [-0.3, -0.25) is 4.98 Å². The topological polar surface area (TPSA) is 43.6 Å². The highest BCUT2D eigenvalue weighted by molar-refractivity contribution is 5.72. The molecule has 0 amide bonds. The lowest BCUT2D eigenvalue weighted by molar-refractivity contribution is 0.879. The van der Waals surface area contributed by atoms with Gasteiger partial charge in [-0.25, -0.2) is 9.67 Å². The largest absolute Gasteiger partial charge is 0.257 e. The normalized spacial score (nSPS) is 10.8. The molecule has 0 atom stereocenters. The van der Waals surface area contributed by atoms with Crippen LogP contribution in [0.2, 0.25) is 0 Å². The van der Waals surface area contributed by atoms with Gasteiger partial charge in [0.25, 0.3) is 0 Å². The van der Waals surface area contributed by atoms with Gasteiger partial charge in [0.15, 0.2) is 0 Å². The number of benzene rings is 1. The Bertz CT molecular complexity index is 745. The molecule has 0 aliphatic heterocycles. The number of rotatable bonds is 2. The summed E-state index contributed by atoms with van der Waals surface area (Å²) < 4.78 is 1.87. The van der Waals surface area contributed by atoms with E-state index in [2.05, 4.69) is 40.2 Å². The molecule has 100 valence electrons. The van der Waals surface area contributed by atoms with Crippen molar-refractivity contribution in [3.05, 3.63) is 59.8 Å². The Morgan fingerprint density at radius 1 is 1.10 bits per heavy atom. The first kappa shape index (κ1) is 12.5. The standard InChI is InChI=1S/C16H16N4/c1-11-5-6-14(15(9-11)20-8-4-7-18-20)16-13(3)17-10-12(2)19-16/h4-10H,1-3H3. The van der Waals surface area contributed by atoms with Gasteiger partial charge in [-0.05, 0) is 38.5 Å². The molecule has 0 aliphatic rings. The van der Waals surface area contributed by atoms with Crippen LogP contribution in [0.3, 0.4) is 0 Å². The predicted molar refractivity (Wildman–Crippen MR) is 78.8 cm³/mol. The minimum atomic E-state index is 0.913. The highest BCUT2D eigenvalue weighted by Crippen LogP contribution is 2.27. The van der Waals surface area contributed by atoms with E-state index < -0.39 is 0 Å². The molecule has 0 saturated heterocycles. The Morgan fingerprint density at radius 2 is 1.95 bits per heavy atom. The smallest absolute Gasteiger partial charge is 0.0939 e. The summed E-state index contributed by atoms with van der Waals surface area (Å²) in [5, 5.41) is 4.33. The maximum atomic E-state index is 4.64. The van der Waals surface area contributed by atoms with E-state index in [0.717, 1.165) is 28.3 Å². The van der Waals surface area contributed by atoms with Crippen molar-refractivity contribution in [1.82, 2.24) is 19.7 Å². The van der Waals surface area contributed by atoms with Gasteiger partial charge in [0.05, 0.1) is 22.8 Å². The molecule has 0 unspecified atom stereocenters. The molecule has 3 aromatic rings. The summed E-state index contributed by atoms with van der Waals surface area (Å²) >= 11 is 0. The van der Waals surface area contributed by atoms with Gasteiger partial charge in [0.1, 0.15) is 0 Å². The summed E-state index contributed by atoms with van der Waals surface area (Å²) in [4.78, 5) is 9.05. The van der Waals surface area contributed by atoms with Crippen LogP contribution in [0, 0.1) is 20.8 Å². The molecule has 2 aromatic heterocycles. The van der Waals surface area contributed by atoms with Gasteiger partial charge < -0.3 is 0 Å². The summed E-state index contributed by atoms with van der Waals surface area (Å²) in [6.07, 6.45) is 5.51. The Balaban J connectivity index is 2.26. The summed E-state index contributed by atoms with van der Waals surface area (Å²) in [6, 6.07) is 8.21. The van der Waals surface area contributed by atoms with Gasteiger partial charge >= 0.3 is 0 Å². The molecule has 4 heteroatoms.